The van der Waals surface area contributed by atoms with E-state index < -0.39 is 9.84 Å². The molecule has 1 N–H and O–H groups in total. The van der Waals surface area contributed by atoms with Gasteiger partial charge in [0.15, 0.2) is 9.84 Å². The van der Waals surface area contributed by atoms with Gasteiger partial charge >= 0.3 is 0 Å². The van der Waals surface area contributed by atoms with Crippen LogP contribution in [0.4, 0.5) is 5.82 Å². The highest BCUT2D eigenvalue weighted by molar-refractivity contribution is 7.90. The third-order valence-electron chi connectivity index (χ3n) is 5.14. The fourth-order valence-corrected chi connectivity index (χ4v) is 4.35. The first-order valence-corrected chi connectivity index (χ1v) is 11.3. The number of benzene rings is 2. The van der Waals surface area contributed by atoms with Crippen molar-refractivity contribution in [3.63, 3.8) is 0 Å². The molecule has 3 aromatic rings. The highest BCUT2D eigenvalue weighted by Crippen LogP contribution is 2.34. The minimum atomic E-state index is -3.29. The molecule has 0 radical (unpaired) electrons. The van der Waals surface area contributed by atoms with Crippen LogP contribution < -0.4 is 5.32 Å². The summed E-state index contributed by atoms with van der Waals surface area (Å²) in [5, 5.41) is 4.12. The SMILES string of the molecule is CS(=O)(=O)c1ccc2ncnc(NCC3CCCOC3c3ccccc3)c2c1. The average molecular weight is 398 g/mol. The van der Waals surface area contributed by atoms with Crippen molar-refractivity contribution in [3.8, 4) is 0 Å². The van der Waals surface area contributed by atoms with Gasteiger partial charge in [-0.15, -0.1) is 0 Å². The second kappa shape index (κ2) is 7.85. The van der Waals surface area contributed by atoms with Gasteiger partial charge in [-0.1, -0.05) is 30.3 Å². The summed E-state index contributed by atoms with van der Waals surface area (Å²) in [6, 6.07) is 15.2. The van der Waals surface area contributed by atoms with Crippen LogP contribution in [-0.2, 0) is 14.6 Å². The number of rotatable bonds is 5. The molecule has 0 saturated carbocycles. The van der Waals surface area contributed by atoms with Crippen molar-refractivity contribution in [2.75, 3.05) is 24.7 Å². The number of ether oxygens (including phenoxy) is 1. The van der Waals surface area contributed by atoms with Crippen LogP contribution in [0, 0.1) is 5.92 Å². The number of hydrogen-bond donors (Lipinski definition) is 1. The molecule has 1 aliphatic rings. The smallest absolute Gasteiger partial charge is 0.175 e. The Morgan fingerprint density at radius 1 is 1.14 bits per heavy atom. The predicted octanol–water partition coefficient (Wildman–Crippen LogP) is 3.61. The molecule has 1 fully saturated rings. The number of nitrogens with zero attached hydrogens (tertiary/aromatic N) is 2. The van der Waals surface area contributed by atoms with Crippen molar-refractivity contribution < 1.29 is 13.2 Å². The Bertz CT molecular complexity index is 1070. The van der Waals surface area contributed by atoms with Gasteiger partial charge in [-0.2, -0.15) is 0 Å². The molecule has 146 valence electrons. The van der Waals surface area contributed by atoms with Crippen molar-refractivity contribution in [3.05, 3.63) is 60.4 Å². The Morgan fingerprint density at radius 2 is 1.96 bits per heavy atom. The second-order valence-corrected chi connectivity index (χ2v) is 9.17. The van der Waals surface area contributed by atoms with Gasteiger partial charge in [0, 0.05) is 30.7 Å². The molecule has 28 heavy (non-hydrogen) atoms. The summed E-state index contributed by atoms with van der Waals surface area (Å²) < 4.78 is 29.9. The van der Waals surface area contributed by atoms with Gasteiger partial charge in [-0.25, -0.2) is 18.4 Å². The molecule has 2 heterocycles. The van der Waals surface area contributed by atoms with E-state index in [1.54, 1.807) is 18.2 Å². The van der Waals surface area contributed by atoms with Crippen molar-refractivity contribution >= 4 is 26.6 Å². The number of sulfone groups is 1. The first kappa shape index (κ1) is 18.8. The average Bonchev–Trinajstić information content (AvgIpc) is 2.72. The molecular weight excluding hydrogens is 374 g/mol. The molecule has 2 atom stereocenters. The summed E-state index contributed by atoms with van der Waals surface area (Å²) in [4.78, 5) is 8.87. The van der Waals surface area contributed by atoms with E-state index in [1.807, 2.05) is 18.2 Å². The Kier molecular flexibility index (Phi) is 5.28. The summed E-state index contributed by atoms with van der Waals surface area (Å²) in [6.07, 6.45) is 4.83. The molecule has 6 nitrogen and oxygen atoms in total. The lowest BCUT2D eigenvalue weighted by molar-refractivity contribution is -0.0238. The van der Waals surface area contributed by atoms with E-state index in [9.17, 15) is 8.42 Å². The van der Waals surface area contributed by atoms with Gasteiger partial charge in [0.2, 0.25) is 0 Å². The van der Waals surface area contributed by atoms with E-state index in [2.05, 4.69) is 27.4 Å². The van der Waals surface area contributed by atoms with Gasteiger partial charge in [0.1, 0.15) is 12.1 Å². The van der Waals surface area contributed by atoms with Crippen LogP contribution in [0.1, 0.15) is 24.5 Å². The fraction of sp³-hybridized carbons (Fsp3) is 0.333. The van der Waals surface area contributed by atoms with Crippen molar-refractivity contribution in [2.45, 2.75) is 23.8 Å². The van der Waals surface area contributed by atoms with E-state index in [1.165, 1.54) is 18.1 Å². The monoisotopic (exact) mass is 397 g/mol. The van der Waals surface area contributed by atoms with Crippen LogP contribution in [0.25, 0.3) is 10.9 Å². The topological polar surface area (TPSA) is 81.2 Å². The Balaban J connectivity index is 1.59. The third-order valence-corrected chi connectivity index (χ3v) is 6.25. The zero-order chi connectivity index (χ0) is 19.6. The second-order valence-electron chi connectivity index (χ2n) is 7.16. The molecule has 2 unspecified atom stereocenters. The predicted molar refractivity (Wildman–Crippen MR) is 109 cm³/mol. The summed E-state index contributed by atoms with van der Waals surface area (Å²) in [6.45, 7) is 1.46. The van der Waals surface area contributed by atoms with Crippen molar-refractivity contribution in [1.29, 1.82) is 0 Å². The number of anilines is 1. The van der Waals surface area contributed by atoms with E-state index in [4.69, 9.17) is 4.74 Å². The quantitative estimate of drug-likeness (QED) is 0.708. The molecule has 0 amide bonds. The molecule has 1 saturated heterocycles. The van der Waals surface area contributed by atoms with Crippen LogP contribution in [-0.4, -0.2) is 37.8 Å². The van der Waals surface area contributed by atoms with Crippen LogP contribution in [0.15, 0.2) is 59.8 Å². The van der Waals surface area contributed by atoms with Gasteiger partial charge in [-0.05, 0) is 36.6 Å². The maximum atomic E-state index is 11.9. The Labute approximate surface area is 164 Å². The van der Waals surface area contributed by atoms with Gasteiger partial charge in [0.05, 0.1) is 16.5 Å². The zero-order valence-electron chi connectivity index (χ0n) is 15.7. The minimum Gasteiger partial charge on any atom is -0.373 e. The first-order chi connectivity index (χ1) is 13.5. The van der Waals surface area contributed by atoms with E-state index >= 15 is 0 Å². The van der Waals surface area contributed by atoms with Crippen LogP contribution in [0.2, 0.25) is 0 Å². The summed E-state index contributed by atoms with van der Waals surface area (Å²) >= 11 is 0. The van der Waals surface area contributed by atoms with E-state index in [-0.39, 0.29) is 11.0 Å². The molecule has 1 aromatic heterocycles. The number of nitrogens with one attached hydrogen (secondary N) is 1. The maximum Gasteiger partial charge on any atom is 0.175 e. The first-order valence-electron chi connectivity index (χ1n) is 9.37. The molecule has 0 bridgehead atoms. The molecule has 0 spiro atoms. The third kappa shape index (κ3) is 4.00. The summed E-state index contributed by atoms with van der Waals surface area (Å²) in [5.41, 5.74) is 1.89. The maximum absolute atomic E-state index is 11.9. The standard InChI is InChI=1S/C21H23N3O3S/c1-28(25,26)17-9-10-19-18(12-17)21(24-14-23-19)22-13-16-8-5-11-27-20(16)15-6-3-2-4-7-15/h2-4,6-7,9-10,12,14,16,20H,5,8,11,13H2,1H3,(H,22,23,24). The normalized spacial score (nSPS) is 20.2. The number of hydrogen-bond acceptors (Lipinski definition) is 6. The lowest BCUT2D eigenvalue weighted by Crippen LogP contribution is -2.28. The highest BCUT2D eigenvalue weighted by atomic mass is 32.2. The zero-order valence-corrected chi connectivity index (χ0v) is 16.5. The molecule has 2 aromatic carbocycles. The lowest BCUT2D eigenvalue weighted by atomic mass is 9.89. The van der Waals surface area contributed by atoms with Crippen LogP contribution in [0.5, 0.6) is 0 Å². The Hall–Kier alpha value is -2.51. The summed E-state index contributed by atoms with van der Waals surface area (Å²) in [7, 11) is -3.29. The molecule has 0 aliphatic carbocycles. The number of fused-ring (bicyclic) bond motifs is 1. The molecule has 1 aliphatic heterocycles. The molecular formula is C21H23N3O3S. The van der Waals surface area contributed by atoms with Crippen LogP contribution >= 0.6 is 0 Å². The van der Waals surface area contributed by atoms with Gasteiger partial charge in [-0.3, -0.25) is 0 Å². The fourth-order valence-electron chi connectivity index (χ4n) is 3.70. The highest BCUT2D eigenvalue weighted by Gasteiger charge is 2.27. The van der Waals surface area contributed by atoms with Crippen LogP contribution in [0.3, 0.4) is 0 Å². The Morgan fingerprint density at radius 3 is 2.75 bits per heavy atom. The van der Waals surface area contributed by atoms with Crippen molar-refractivity contribution in [2.24, 2.45) is 5.92 Å². The molecule has 7 heteroatoms. The van der Waals surface area contributed by atoms with Gasteiger partial charge < -0.3 is 10.1 Å². The summed E-state index contributed by atoms with van der Waals surface area (Å²) in [5.74, 6) is 0.951. The van der Waals surface area contributed by atoms with Crippen molar-refractivity contribution in [1.82, 2.24) is 9.97 Å². The van der Waals surface area contributed by atoms with Gasteiger partial charge in [0.25, 0.3) is 0 Å². The lowest BCUT2D eigenvalue weighted by Gasteiger charge is -2.32. The van der Waals surface area contributed by atoms with E-state index in [0.29, 0.717) is 29.2 Å². The molecule has 4 rings (SSSR count). The largest absolute Gasteiger partial charge is 0.373 e. The minimum absolute atomic E-state index is 0.0436. The number of aromatic nitrogens is 2. The van der Waals surface area contributed by atoms with E-state index in [0.717, 1.165) is 19.4 Å².